The molecule has 1 fully saturated rings. The van der Waals surface area contributed by atoms with Crippen molar-refractivity contribution in [1.82, 2.24) is 20.6 Å². The van der Waals surface area contributed by atoms with E-state index in [4.69, 9.17) is 0 Å². The first-order valence-corrected chi connectivity index (χ1v) is 9.84. The summed E-state index contributed by atoms with van der Waals surface area (Å²) in [6.07, 6.45) is 6.05. The summed E-state index contributed by atoms with van der Waals surface area (Å²) in [6, 6.07) is 2.14. The lowest BCUT2D eigenvalue weighted by Gasteiger charge is -2.27. The molecular weight excluding hydrogens is 386 g/mol. The van der Waals surface area contributed by atoms with Gasteiger partial charge in [0.2, 0.25) is 0 Å². The third-order valence-corrected chi connectivity index (χ3v) is 5.84. The van der Waals surface area contributed by atoms with Crippen molar-refractivity contribution in [3.8, 4) is 0 Å². The van der Waals surface area contributed by atoms with Gasteiger partial charge >= 0.3 is 0 Å². The molecule has 0 unspecified atom stereocenters. The fraction of sp³-hybridized carbons (Fsp3) is 0.444. The molecule has 2 aromatic heterocycles. The second-order valence-corrected chi connectivity index (χ2v) is 7.90. The number of amides is 1. The van der Waals surface area contributed by atoms with Gasteiger partial charge in [0.15, 0.2) is 0 Å². The first-order chi connectivity index (χ1) is 12.6. The zero-order valence-electron chi connectivity index (χ0n) is 15.1. The third kappa shape index (κ3) is 4.24. The first-order valence-electron chi connectivity index (χ1n) is 8.85. The van der Waals surface area contributed by atoms with Crippen molar-refractivity contribution in [3.63, 3.8) is 0 Å². The molecule has 27 heavy (non-hydrogen) atoms. The van der Waals surface area contributed by atoms with Crippen molar-refractivity contribution in [1.29, 1.82) is 0 Å². The van der Waals surface area contributed by atoms with Gasteiger partial charge in [-0.05, 0) is 25.0 Å². The summed E-state index contributed by atoms with van der Waals surface area (Å²) in [6.45, 7) is 4.04. The van der Waals surface area contributed by atoms with Gasteiger partial charge in [-0.2, -0.15) is 0 Å². The molecule has 1 amide bonds. The molecule has 4 heterocycles. The van der Waals surface area contributed by atoms with Crippen LogP contribution in [0, 0.1) is 6.92 Å². The molecule has 0 bridgehead atoms. The van der Waals surface area contributed by atoms with Gasteiger partial charge in [0.25, 0.3) is 5.91 Å². The van der Waals surface area contributed by atoms with E-state index in [1.807, 2.05) is 18.5 Å². The zero-order chi connectivity index (χ0) is 18.1. The zero-order valence-corrected chi connectivity index (χ0v) is 16.7. The van der Waals surface area contributed by atoms with Crippen LogP contribution in [0.2, 0.25) is 0 Å². The van der Waals surface area contributed by atoms with Gasteiger partial charge in [-0.15, -0.1) is 24.2 Å². The number of carbonyl (C=O) groups is 1. The molecule has 2 aliphatic heterocycles. The van der Waals surface area contributed by atoms with Crippen molar-refractivity contribution in [3.05, 3.63) is 35.1 Å². The molecule has 7 nitrogen and oxygen atoms in total. The van der Waals surface area contributed by atoms with Crippen LogP contribution in [0.3, 0.4) is 0 Å². The highest BCUT2D eigenvalue weighted by Gasteiger charge is 2.24. The summed E-state index contributed by atoms with van der Waals surface area (Å²) in [5.41, 5.74) is 3.08. The summed E-state index contributed by atoms with van der Waals surface area (Å²) >= 11 is 1.58. The van der Waals surface area contributed by atoms with Crippen LogP contribution in [0.1, 0.15) is 12.0 Å². The van der Waals surface area contributed by atoms with Gasteiger partial charge in [-0.25, -0.2) is 4.98 Å². The van der Waals surface area contributed by atoms with Gasteiger partial charge in [0.05, 0.1) is 16.7 Å². The number of aliphatic hydroxyl groups excluding tert-OH is 1. The minimum absolute atomic E-state index is 0. The summed E-state index contributed by atoms with van der Waals surface area (Å²) in [5, 5.41) is 16.9. The number of nitrogens with zero attached hydrogens (tertiary/aromatic N) is 2. The van der Waals surface area contributed by atoms with Crippen LogP contribution in [0.5, 0.6) is 0 Å². The molecule has 0 aliphatic carbocycles. The van der Waals surface area contributed by atoms with Gasteiger partial charge < -0.3 is 25.6 Å². The monoisotopic (exact) mass is 409 g/mol. The number of rotatable bonds is 4. The molecule has 1 saturated heterocycles. The summed E-state index contributed by atoms with van der Waals surface area (Å²) < 4.78 is 0. The fourth-order valence-corrected chi connectivity index (χ4v) is 4.42. The Morgan fingerprint density at radius 3 is 3.15 bits per heavy atom. The Hall–Kier alpha value is -1.74. The van der Waals surface area contributed by atoms with Crippen LogP contribution in [-0.4, -0.2) is 58.5 Å². The predicted molar refractivity (Wildman–Crippen MR) is 111 cm³/mol. The number of thioether (sulfide) groups is 1. The van der Waals surface area contributed by atoms with E-state index in [0.717, 1.165) is 34.6 Å². The number of halogens is 1. The van der Waals surface area contributed by atoms with Gasteiger partial charge in [0, 0.05) is 55.4 Å². The van der Waals surface area contributed by atoms with Gasteiger partial charge in [0.1, 0.15) is 5.65 Å². The number of pyridine rings is 1. The topological polar surface area (TPSA) is 93.3 Å². The molecule has 2 aromatic rings. The Morgan fingerprint density at radius 2 is 2.37 bits per heavy atom. The van der Waals surface area contributed by atoms with Gasteiger partial charge in [-0.1, -0.05) is 0 Å². The third-order valence-electron chi connectivity index (χ3n) is 4.85. The van der Waals surface area contributed by atoms with E-state index in [-0.39, 0.29) is 30.5 Å². The molecule has 4 N–H and O–H groups in total. The maximum absolute atomic E-state index is 12.6. The number of fused-ring (bicyclic) bond motifs is 1. The Morgan fingerprint density at radius 1 is 1.52 bits per heavy atom. The molecule has 2 aliphatic rings. The highest BCUT2D eigenvalue weighted by atomic mass is 35.5. The highest BCUT2D eigenvalue weighted by molar-refractivity contribution is 8.04. The maximum atomic E-state index is 12.6. The second-order valence-electron chi connectivity index (χ2n) is 6.77. The molecule has 0 saturated carbocycles. The number of aromatic nitrogens is 2. The van der Waals surface area contributed by atoms with Crippen molar-refractivity contribution in [2.45, 2.75) is 25.5 Å². The number of aliphatic hydroxyl groups is 1. The van der Waals surface area contributed by atoms with Gasteiger partial charge in [-0.3, -0.25) is 4.79 Å². The lowest BCUT2D eigenvalue weighted by atomic mass is 10.2. The van der Waals surface area contributed by atoms with Crippen LogP contribution in [0.15, 0.2) is 29.6 Å². The smallest absolute Gasteiger partial charge is 0.259 e. The molecule has 0 aromatic carbocycles. The van der Waals surface area contributed by atoms with E-state index >= 15 is 0 Å². The average molecular weight is 410 g/mol. The van der Waals surface area contributed by atoms with Crippen LogP contribution < -0.4 is 15.5 Å². The van der Waals surface area contributed by atoms with E-state index in [9.17, 15) is 9.90 Å². The standard InChI is InChI=1S/C18H23N5O2S.ClH/c1-11-7-21-17-16(11)14(2-3-19-17)23-4-5-26-15(10-23)18(25)22-8-12-6-13(24)9-20-12;/h2-3,7,10,12-13,20,24H,4-6,8-9H2,1H3,(H,19,21)(H,22,25);1H/t12-,13-;/m0./s1. The number of nitrogens with one attached hydrogen (secondary N) is 3. The van der Waals surface area contributed by atoms with Crippen LogP contribution in [0.25, 0.3) is 11.0 Å². The predicted octanol–water partition coefficient (Wildman–Crippen LogP) is 1.53. The minimum atomic E-state index is -0.311. The number of H-pyrrole nitrogens is 1. The number of aryl methyl sites for hydroxylation is 1. The SMILES string of the molecule is Cc1c[nH]c2nccc(N3C=C(C(=O)NC[C@@H]4C[C@H](O)CN4)SCC3)c12.Cl. The Kier molecular flexibility index (Phi) is 6.31. The van der Waals surface area contributed by atoms with Crippen LogP contribution in [0.4, 0.5) is 5.69 Å². The fourth-order valence-electron chi connectivity index (χ4n) is 3.51. The Bertz CT molecular complexity index is 855. The van der Waals surface area contributed by atoms with Crippen molar-refractivity contribution in [2.75, 3.05) is 30.3 Å². The number of anilines is 1. The first kappa shape index (κ1) is 20.0. The second kappa shape index (κ2) is 8.52. The lowest BCUT2D eigenvalue weighted by molar-refractivity contribution is -0.116. The van der Waals surface area contributed by atoms with E-state index < -0.39 is 0 Å². The van der Waals surface area contributed by atoms with Crippen LogP contribution in [-0.2, 0) is 4.79 Å². The number of aromatic amines is 1. The minimum Gasteiger partial charge on any atom is -0.392 e. The number of hydrogen-bond donors (Lipinski definition) is 4. The number of β-amino-alcohol motifs (C(OH)–C–C–N with tert-alkyl or cyclic N) is 1. The van der Waals surface area contributed by atoms with E-state index in [1.54, 1.807) is 18.0 Å². The summed E-state index contributed by atoms with van der Waals surface area (Å²) in [4.78, 5) is 23.0. The van der Waals surface area contributed by atoms with Crippen molar-refractivity contribution < 1.29 is 9.90 Å². The molecule has 9 heteroatoms. The molecule has 4 rings (SSSR count). The quantitative estimate of drug-likeness (QED) is 0.612. The largest absolute Gasteiger partial charge is 0.392 e. The van der Waals surface area contributed by atoms with E-state index in [1.165, 1.54) is 0 Å². The Labute approximate surface area is 168 Å². The molecule has 0 radical (unpaired) electrons. The van der Waals surface area contributed by atoms with Crippen molar-refractivity contribution in [2.24, 2.45) is 0 Å². The number of carbonyl (C=O) groups excluding carboxylic acids is 1. The van der Waals surface area contributed by atoms with E-state index in [0.29, 0.717) is 24.4 Å². The summed E-state index contributed by atoms with van der Waals surface area (Å²) in [5.74, 6) is 0.798. The average Bonchev–Trinajstić information content (AvgIpc) is 3.25. The van der Waals surface area contributed by atoms with Crippen LogP contribution >= 0.6 is 24.2 Å². The molecule has 2 atom stereocenters. The maximum Gasteiger partial charge on any atom is 0.259 e. The highest BCUT2D eigenvalue weighted by Crippen LogP contribution is 2.32. The molecule has 0 spiro atoms. The molecule has 146 valence electrons. The normalized spacial score (nSPS) is 22.4. The van der Waals surface area contributed by atoms with Crippen molar-refractivity contribution >= 4 is 46.8 Å². The van der Waals surface area contributed by atoms with E-state index in [2.05, 4.69) is 32.4 Å². The molecular formula is C18H24ClN5O2S. The summed E-state index contributed by atoms with van der Waals surface area (Å²) in [7, 11) is 0. The lowest BCUT2D eigenvalue weighted by Crippen LogP contribution is -2.38. The number of hydrogen-bond acceptors (Lipinski definition) is 6. The Balaban J connectivity index is 0.00000210.